The number of amides is 2. The third kappa shape index (κ3) is 6.72. The molecule has 4 nitrogen and oxygen atoms in total. The predicted molar refractivity (Wildman–Crippen MR) is 126 cm³/mol. The van der Waals surface area contributed by atoms with Gasteiger partial charge in [-0.25, -0.2) is 0 Å². The van der Waals surface area contributed by atoms with E-state index in [-0.39, 0.29) is 24.3 Å². The lowest BCUT2D eigenvalue weighted by Gasteiger charge is -2.31. The lowest BCUT2D eigenvalue weighted by Crippen LogP contribution is -2.50. The van der Waals surface area contributed by atoms with Gasteiger partial charge in [-0.05, 0) is 49.9 Å². The number of benzene rings is 2. The zero-order valence-corrected chi connectivity index (χ0v) is 19.7. The highest BCUT2D eigenvalue weighted by atomic mass is 35.5. The molecule has 6 heteroatoms. The van der Waals surface area contributed by atoms with Crippen LogP contribution in [0.5, 0.6) is 0 Å². The van der Waals surface area contributed by atoms with Crippen LogP contribution in [0, 0.1) is 6.92 Å². The molecule has 0 spiro atoms. The Morgan fingerprint density at radius 2 is 1.77 bits per heavy atom. The van der Waals surface area contributed by atoms with Crippen molar-refractivity contribution >= 4 is 35.0 Å². The summed E-state index contributed by atoms with van der Waals surface area (Å²) in [5, 5.41) is 4.05. The zero-order chi connectivity index (χ0) is 22.4. The topological polar surface area (TPSA) is 49.4 Å². The van der Waals surface area contributed by atoms with Gasteiger partial charge in [0, 0.05) is 12.6 Å². The Hall–Kier alpha value is -2.04. The number of hydrogen-bond acceptors (Lipinski definition) is 2. The Bertz CT molecular complexity index is 925. The van der Waals surface area contributed by atoms with Gasteiger partial charge in [0.1, 0.15) is 6.04 Å². The minimum atomic E-state index is -0.589. The maximum absolute atomic E-state index is 13.3. The average Bonchev–Trinajstić information content (AvgIpc) is 2.74. The van der Waals surface area contributed by atoms with Crippen LogP contribution in [0.2, 0.25) is 10.0 Å². The number of carbonyl (C=O) groups is 2. The fraction of sp³-hybridized carbons (Fsp3) is 0.440. The molecule has 0 aromatic heterocycles. The van der Waals surface area contributed by atoms with E-state index in [1.807, 2.05) is 37.3 Å². The number of hydrogen-bond donors (Lipinski definition) is 1. The van der Waals surface area contributed by atoms with Crippen molar-refractivity contribution < 1.29 is 9.59 Å². The second kappa shape index (κ2) is 11.0. The zero-order valence-electron chi connectivity index (χ0n) is 18.2. The van der Waals surface area contributed by atoms with Crippen LogP contribution in [0.3, 0.4) is 0 Å². The van der Waals surface area contributed by atoms with Crippen molar-refractivity contribution in [2.24, 2.45) is 0 Å². The molecule has 2 aromatic carbocycles. The van der Waals surface area contributed by atoms with Crippen LogP contribution in [0.15, 0.2) is 42.5 Å². The second-order valence-electron chi connectivity index (χ2n) is 8.46. The first-order chi connectivity index (χ1) is 14.8. The maximum Gasteiger partial charge on any atom is 0.242 e. The van der Waals surface area contributed by atoms with Crippen molar-refractivity contribution in [1.29, 1.82) is 0 Å². The lowest BCUT2D eigenvalue weighted by molar-refractivity contribution is -0.140. The normalized spacial score (nSPS) is 15.4. The van der Waals surface area contributed by atoms with E-state index in [2.05, 4.69) is 5.32 Å². The molecule has 1 aliphatic carbocycles. The molecule has 31 heavy (non-hydrogen) atoms. The van der Waals surface area contributed by atoms with Crippen molar-refractivity contribution in [2.45, 2.75) is 71.0 Å². The van der Waals surface area contributed by atoms with Gasteiger partial charge in [-0.15, -0.1) is 0 Å². The van der Waals surface area contributed by atoms with Crippen molar-refractivity contribution in [3.63, 3.8) is 0 Å². The van der Waals surface area contributed by atoms with Crippen LogP contribution in [0.25, 0.3) is 0 Å². The Kier molecular flexibility index (Phi) is 8.39. The van der Waals surface area contributed by atoms with Crippen molar-refractivity contribution in [2.75, 3.05) is 0 Å². The molecule has 0 aliphatic heterocycles. The summed E-state index contributed by atoms with van der Waals surface area (Å²) in [4.78, 5) is 28.0. The van der Waals surface area contributed by atoms with Crippen LogP contribution in [0.4, 0.5) is 0 Å². The molecular formula is C25H30Cl2N2O2. The molecule has 0 bridgehead atoms. The Morgan fingerprint density at radius 3 is 2.45 bits per heavy atom. The summed E-state index contributed by atoms with van der Waals surface area (Å²) >= 11 is 12.2. The molecule has 0 unspecified atom stereocenters. The minimum Gasteiger partial charge on any atom is -0.352 e. The summed E-state index contributed by atoms with van der Waals surface area (Å²) in [7, 11) is 0. The largest absolute Gasteiger partial charge is 0.352 e. The van der Waals surface area contributed by atoms with Crippen molar-refractivity contribution in [3.05, 3.63) is 69.2 Å². The maximum atomic E-state index is 13.3. The Morgan fingerprint density at radius 1 is 1.03 bits per heavy atom. The van der Waals surface area contributed by atoms with Gasteiger partial charge < -0.3 is 10.2 Å². The molecule has 0 heterocycles. The first kappa shape index (κ1) is 23.6. The first-order valence-electron chi connectivity index (χ1n) is 10.9. The van der Waals surface area contributed by atoms with Gasteiger partial charge in [-0.3, -0.25) is 9.59 Å². The predicted octanol–water partition coefficient (Wildman–Crippen LogP) is 5.71. The summed E-state index contributed by atoms with van der Waals surface area (Å²) in [5.74, 6) is -0.201. The SMILES string of the molecule is Cc1cccc(CC(=O)N(Cc2ccc(Cl)c(Cl)c2)[C@@H](C)C(=O)NC2CCCCC2)c1. The molecule has 1 aliphatic rings. The van der Waals surface area contributed by atoms with Crippen molar-refractivity contribution in [1.82, 2.24) is 10.2 Å². The van der Waals surface area contributed by atoms with Gasteiger partial charge in [0.25, 0.3) is 0 Å². The average molecular weight is 461 g/mol. The van der Waals surface area contributed by atoms with Crippen LogP contribution in [-0.2, 0) is 22.6 Å². The minimum absolute atomic E-state index is 0.0945. The highest BCUT2D eigenvalue weighted by Gasteiger charge is 2.28. The standard InChI is InChI=1S/C25H30Cl2N2O2/c1-17-7-6-8-19(13-17)15-24(30)29(16-20-11-12-22(26)23(27)14-20)18(2)25(31)28-21-9-4-3-5-10-21/h6-8,11-14,18,21H,3-5,9-10,15-16H2,1-2H3,(H,28,31)/t18-/m0/s1. The third-order valence-electron chi connectivity index (χ3n) is 5.89. The number of aryl methyl sites for hydroxylation is 1. The molecule has 0 saturated heterocycles. The van der Waals surface area contributed by atoms with E-state index in [0.717, 1.165) is 42.4 Å². The van der Waals surface area contributed by atoms with E-state index < -0.39 is 6.04 Å². The van der Waals surface area contributed by atoms with Gasteiger partial charge >= 0.3 is 0 Å². The molecule has 1 N–H and O–H groups in total. The summed E-state index contributed by atoms with van der Waals surface area (Å²) in [6, 6.07) is 12.8. The molecule has 1 saturated carbocycles. The molecule has 3 rings (SSSR count). The lowest BCUT2D eigenvalue weighted by atomic mass is 9.95. The highest BCUT2D eigenvalue weighted by molar-refractivity contribution is 6.42. The number of rotatable bonds is 7. The third-order valence-corrected chi connectivity index (χ3v) is 6.63. The second-order valence-corrected chi connectivity index (χ2v) is 9.27. The smallest absolute Gasteiger partial charge is 0.242 e. The van der Waals surface area contributed by atoms with Gasteiger partial charge in [-0.2, -0.15) is 0 Å². The monoisotopic (exact) mass is 460 g/mol. The van der Waals surface area contributed by atoms with Gasteiger partial charge in [0.05, 0.1) is 16.5 Å². The molecule has 1 atom stereocenters. The van der Waals surface area contributed by atoms with E-state index in [1.54, 1.807) is 24.0 Å². The number of halogens is 2. The van der Waals surface area contributed by atoms with Gasteiger partial charge in [0.2, 0.25) is 11.8 Å². The fourth-order valence-electron chi connectivity index (χ4n) is 4.08. The summed E-state index contributed by atoms with van der Waals surface area (Å²) in [5.41, 5.74) is 2.87. The van der Waals surface area contributed by atoms with E-state index in [9.17, 15) is 9.59 Å². The summed E-state index contributed by atoms with van der Waals surface area (Å²) in [6.07, 6.45) is 5.74. The number of carbonyl (C=O) groups excluding carboxylic acids is 2. The van der Waals surface area contributed by atoms with Crippen LogP contribution >= 0.6 is 23.2 Å². The van der Waals surface area contributed by atoms with Gasteiger partial charge in [-0.1, -0.05) is 78.4 Å². The fourth-order valence-corrected chi connectivity index (χ4v) is 4.40. The molecular weight excluding hydrogens is 431 g/mol. The van der Waals surface area contributed by atoms with Crippen LogP contribution in [-0.4, -0.2) is 28.8 Å². The van der Waals surface area contributed by atoms with E-state index in [0.29, 0.717) is 16.6 Å². The molecule has 0 radical (unpaired) electrons. The quantitative estimate of drug-likeness (QED) is 0.574. The number of nitrogens with zero attached hydrogens (tertiary/aromatic N) is 1. The summed E-state index contributed by atoms with van der Waals surface area (Å²) in [6.45, 7) is 4.09. The Balaban J connectivity index is 1.78. The first-order valence-corrected chi connectivity index (χ1v) is 11.7. The molecule has 2 aromatic rings. The van der Waals surface area contributed by atoms with E-state index in [1.165, 1.54) is 6.42 Å². The highest BCUT2D eigenvalue weighted by Crippen LogP contribution is 2.24. The van der Waals surface area contributed by atoms with Gasteiger partial charge in [0.15, 0.2) is 0 Å². The number of nitrogens with one attached hydrogen (secondary N) is 1. The van der Waals surface area contributed by atoms with Crippen molar-refractivity contribution in [3.8, 4) is 0 Å². The summed E-state index contributed by atoms with van der Waals surface area (Å²) < 4.78 is 0. The van der Waals surface area contributed by atoms with E-state index in [4.69, 9.17) is 23.2 Å². The van der Waals surface area contributed by atoms with E-state index >= 15 is 0 Å². The van der Waals surface area contributed by atoms with Crippen LogP contribution in [0.1, 0.15) is 55.7 Å². The molecule has 1 fully saturated rings. The molecule has 2 amide bonds. The van der Waals surface area contributed by atoms with Crippen LogP contribution < -0.4 is 5.32 Å². The molecule has 166 valence electrons. The Labute approximate surface area is 194 Å².